The third-order valence-corrected chi connectivity index (χ3v) is 5.40. The van der Waals surface area contributed by atoms with Crippen molar-refractivity contribution in [2.75, 3.05) is 26.7 Å². The maximum atomic E-state index is 4.39. The lowest BCUT2D eigenvalue weighted by molar-refractivity contribution is 0.215. The number of halogens is 1. The number of rotatable bonds is 8. The molecule has 0 unspecified atom stereocenters. The van der Waals surface area contributed by atoms with Crippen molar-refractivity contribution < 1.29 is 0 Å². The molecule has 3 rings (SSSR count). The minimum atomic E-state index is 0. The quantitative estimate of drug-likeness (QED) is 0.358. The molecule has 0 saturated heterocycles. The van der Waals surface area contributed by atoms with Crippen molar-refractivity contribution in [2.24, 2.45) is 4.99 Å². The normalized spacial score (nSPS) is 18.8. The molecule has 1 aromatic carbocycles. The molecule has 2 aliphatic rings. The molecular formula is C20H33IN4. The van der Waals surface area contributed by atoms with Crippen LogP contribution in [0, 0.1) is 0 Å². The van der Waals surface area contributed by atoms with Crippen LogP contribution in [0.4, 0.5) is 0 Å². The molecule has 2 aliphatic carbocycles. The van der Waals surface area contributed by atoms with Gasteiger partial charge in [0.05, 0.1) is 0 Å². The summed E-state index contributed by atoms with van der Waals surface area (Å²) in [7, 11) is 1.86. The first-order chi connectivity index (χ1) is 11.6. The number of hydrogen-bond donors (Lipinski definition) is 2. The van der Waals surface area contributed by atoms with Crippen molar-refractivity contribution in [3.63, 3.8) is 0 Å². The third kappa shape index (κ3) is 5.58. The van der Waals surface area contributed by atoms with E-state index in [1.807, 2.05) is 7.05 Å². The van der Waals surface area contributed by atoms with Gasteiger partial charge >= 0.3 is 0 Å². The van der Waals surface area contributed by atoms with E-state index < -0.39 is 0 Å². The SMILES string of the molecule is CN=C(NCCN(C(C)C)C1CC1)NCC1(c2ccccc2)CC1.I. The van der Waals surface area contributed by atoms with Crippen LogP contribution in [0.5, 0.6) is 0 Å². The Morgan fingerprint density at radius 1 is 1.20 bits per heavy atom. The lowest BCUT2D eigenvalue weighted by Gasteiger charge is -2.27. The van der Waals surface area contributed by atoms with Crippen LogP contribution in [0.25, 0.3) is 0 Å². The van der Waals surface area contributed by atoms with Crippen molar-refractivity contribution in [3.8, 4) is 0 Å². The zero-order valence-electron chi connectivity index (χ0n) is 15.8. The third-order valence-electron chi connectivity index (χ3n) is 5.40. The standard InChI is InChI=1S/C20H32N4.HI/c1-16(2)24(18-9-10-18)14-13-22-19(21-3)23-15-20(11-12-20)17-7-5-4-6-8-17;/h4-8,16,18H,9-15H2,1-3H3,(H2,21,22,23);1H. The van der Waals surface area contributed by atoms with Gasteiger partial charge in [-0.2, -0.15) is 0 Å². The molecule has 0 aliphatic heterocycles. The van der Waals surface area contributed by atoms with Crippen LogP contribution >= 0.6 is 24.0 Å². The van der Waals surface area contributed by atoms with E-state index >= 15 is 0 Å². The summed E-state index contributed by atoms with van der Waals surface area (Å²) in [6.07, 6.45) is 5.27. The molecule has 0 bridgehead atoms. The summed E-state index contributed by atoms with van der Waals surface area (Å²) >= 11 is 0. The molecule has 25 heavy (non-hydrogen) atoms. The monoisotopic (exact) mass is 456 g/mol. The van der Waals surface area contributed by atoms with Crippen LogP contribution in [0.3, 0.4) is 0 Å². The van der Waals surface area contributed by atoms with Gasteiger partial charge in [0.2, 0.25) is 0 Å². The number of nitrogens with zero attached hydrogens (tertiary/aromatic N) is 2. The van der Waals surface area contributed by atoms with Crippen molar-refractivity contribution in [3.05, 3.63) is 35.9 Å². The highest BCUT2D eigenvalue weighted by Gasteiger charge is 2.44. The van der Waals surface area contributed by atoms with Crippen molar-refractivity contribution >= 4 is 29.9 Å². The van der Waals surface area contributed by atoms with Crippen LogP contribution in [-0.2, 0) is 5.41 Å². The van der Waals surface area contributed by atoms with Crippen molar-refractivity contribution in [1.29, 1.82) is 0 Å². The molecule has 2 saturated carbocycles. The Balaban J connectivity index is 0.00000225. The Morgan fingerprint density at radius 3 is 2.40 bits per heavy atom. The van der Waals surface area contributed by atoms with Gasteiger partial charge in [-0.15, -0.1) is 24.0 Å². The van der Waals surface area contributed by atoms with Gasteiger partial charge in [0, 0.05) is 44.2 Å². The highest BCUT2D eigenvalue weighted by atomic mass is 127. The van der Waals surface area contributed by atoms with Gasteiger partial charge in [-0.1, -0.05) is 30.3 Å². The van der Waals surface area contributed by atoms with E-state index in [1.54, 1.807) is 0 Å². The Kier molecular flexibility index (Phi) is 7.55. The number of benzene rings is 1. The van der Waals surface area contributed by atoms with Gasteiger partial charge in [-0.3, -0.25) is 9.89 Å². The zero-order valence-corrected chi connectivity index (χ0v) is 18.1. The number of guanidine groups is 1. The Morgan fingerprint density at radius 2 is 1.88 bits per heavy atom. The van der Waals surface area contributed by atoms with Gasteiger partial charge < -0.3 is 10.6 Å². The van der Waals surface area contributed by atoms with E-state index in [4.69, 9.17) is 0 Å². The van der Waals surface area contributed by atoms with E-state index in [1.165, 1.54) is 31.2 Å². The summed E-state index contributed by atoms with van der Waals surface area (Å²) in [5, 5.41) is 7.03. The van der Waals surface area contributed by atoms with E-state index in [0.29, 0.717) is 11.5 Å². The van der Waals surface area contributed by atoms with E-state index in [0.717, 1.165) is 31.6 Å². The van der Waals surface area contributed by atoms with Crippen LogP contribution in [0.15, 0.2) is 35.3 Å². The van der Waals surface area contributed by atoms with Gasteiger partial charge in [0.25, 0.3) is 0 Å². The molecule has 5 heteroatoms. The molecule has 1 aromatic rings. The Bertz CT molecular complexity index is 548. The molecular weight excluding hydrogens is 423 g/mol. The fraction of sp³-hybridized carbons (Fsp3) is 0.650. The first kappa shape index (κ1) is 20.5. The molecule has 0 atom stereocenters. The van der Waals surface area contributed by atoms with Gasteiger partial charge in [-0.05, 0) is 45.1 Å². The van der Waals surface area contributed by atoms with Gasteiger partial charge in [0.15, 0.2) is 5.96 Å². The summed E-state index contributed by atoms with van der Waals surface area (Å²) < 4.78 is 0. The first-order valence-corrected chi connectivity index (χ1v) is 9.40. The molecule has 2 fully saturated rings. The van der Waals surface area contributed by atoms with Crippen LogP contribution in [0.1, 0.15) is 45.1 Å². The second-order valence-electron chi connectivity index (χ2n) is 7.56. The molecule has 2 N–H and O–H groups in total. The van der Waals surface area contributed by atoms with E-state index in [-0.39, 0.29) is 24.0 Å². The average Bonchev–Trinajstić information content (AvgIpc) is 3.49. The van der Waals surface area contributed by atoms with Crippen LogP contribution < -0.4 is 10.6 Å². The number of nitrogens with one attached hydrogen (secondary N) is 2. The zero-order chi connectivity index (χ0) is 17.0. The molecule has 0 aromatic heterocycles. The highest BCUT2D eigenvalue weighted by molar-refractivity contribution is 14.0. The Labute approximate surface area is 169 Å². The van der Waals surface area contributed by atoms with Crippen molar-refractivity contribution in [1.82, 2.24) is 15.5 Å². The second kappa shape index (κ2) is 9.21. The summed E-state index contributed by atoms with van der Waals surface area (Å²) in [6, 6.07) is 12.3. The highest BCUT2D eigenvalue weighted by Crippen LogP contribution is 2.47. The summed E-state index contributed by atoms with van der Waals surface area (Å²) in [5.41, 5.74) is 1.77. The summed E-state index contributed by atoms with van der Waals surface area (Å²) in [4.78, 5) is 6.99. The lowest BCUT2D eigenvalue weighted by atomic mass is 9.96. The molecule has 0 amide bonds. The number of hydrogen-bond acceptors (Lipinski definition) is 2. The Hall–Kier alpha value is -0.820. The minimum absolute atomic E-state index is 0. The fourth-order valence-corrected chi connectivity index (χ4v) is 3.56. The smallest absolute Gasteiger partial charge is 0.191 e. The van der Waals surface area contributed by atoms with Crippen LogP contribution in [-0.4, -0.2) is 49.6 Å². The second-order valence-corrected chi connectivity index (χ2v) is 7.56. The molecule has 4 nitrogen and oxygen atoms in total. The summed E-state index contributed by atoms with van der Waals surface area (Å²) in [6.45, 7) is 7.59. The molecule has 140 valence electrons. The minimum Gasteiger partial charge on any atom is -0.356 e. The average molecular weight is 456 g/mol. The van der Waals surface area contributed by atoms with Crippen LogP contribution in [0.2, 0.25) is 0 Å². The molecule has 0 heterocycles. The first-order valence-electron chi connectivity index (χ1n) is 9.40. The predicted octanol–water partition coefficient (Wildman–Crippen LogP) is 3.37. The van der Waals surface area contributed by atoms with E-state index in [2.05, 4.69) is 64.7 Å². The number of aliphatic imine (C=N–C) groups is 1. The largest absolute Gasteiger partial charge is 0.356 e. The van der Waals surface area contributed by atoms with E-state index in [9.17, 15) is 0 Å². The van der Waals surface area contributed by atoms with Gasteiger partial charge in [0.1, 0.15) is 0 Å². The lowest BCUT2D eigenvalue weighted by Crippen LogP contribution is -2.45. The topological polar surface area (TPSA) is 39.7 Å². The van der Waals surface area contributed by atoms with Gasteiger partial charge in [-0.25, -0.2) is 0 Å². The molecule has 0 radical (unpaired) electrons. The fourth-order valence-electron chi connectivity index (χ4n) is 3.56. The van der Waals surface area contributed by atoms with Crippen molar-refractivity contribution in [2.45, 2.75) is 57.0 Å². The maximum Gasteiger partial charge on any atom is 0.191 e. The summed E-state index contributed by atoms with van der Waals surface area (Å²) in [5.74, 6) is 0.928. The maximum absolute atomic E-state index is 4.39. The predicted molar refractivity (Wildman–Crippen MR) is 117 cm³/mol. The molecule has 0 spiro atoms.